The van der Waals surface area contributed by atoms with Gasteiger partial charge in [-0.3, -0.25) is 4.79 Å². The maximum Gasteiger partial charge on any atom is 0.194 e. The van der Waals surface area contributed by atoms with Crippen LogP contribution < -0.4 is 0 Å². The summed E-state index contributed by atoms with van der Waals surface area (Å²) in [6, 6.07) is 5.57. The Kier molecular flexibility index (Phi) is 2.56. The maximum absolute atomic E-state index is 12.9. The summed E-state index contributed by atoms with van der Waals surface area (Å²) in [4.78, 5) is 14.5. The number of carbonyl (C=O) groups is 1. The molecule has 1 aromatic heterocycles. The van der Waals surface area contributed by atoms with E-state index < -0.39 is 5.82 Å². The Balaban J connectivity index is 2.39. The Hall–Kier alpha value is -1.61. The van der Waals surface area contributed by atoms with Crippen LogP contribution in [0.15, 0.2) is 36.7 Å². The molecule has 15 heavy (non-hydrogen) atoms. The molecular weight excluding hydrogens is 217 g/mol. The van der Waals surface area contributed by atoms with Gasteiger partial charge in [-0.15, -0.1) is 0 Å². The number of H-pyrrole nitrogens is 1. The minimum absolute atomic E-state index is 0.0450. The third-order valence-electron chi connectivity index (χ3n) is 2.04. The van der Waals surface area contributed by atoms with Crippen LogP contribution in [-0.2, 0) is 0 Å². The van der Waals surface area contributed by atoms with Gasteiger partial charge in [0.05, 0.1) is 5.02 Å². The first kappa shape index (κ1) is 9.93. The summed E-state index contributed by atoms with van der Waals surface area (Å²) in [5.74, 6) is -0.708. The Labute approximate surface area is 90.7 Å². The van der Waals surface area contributed by atoms with Gasteiger partial charge >= 0.3 is 0 Å². The van der Waals surface area contributed by atoms with Crippen LogP contribution in [0.1, 0.15) is 15.9 Å². The fourth-order valence-electron chi connectivity index (χ4n) is 1.27. The van der Waals surface area contributed by atoms with Gasteiger partial charge in [0, 0.05) is 23.5 Å². The van der Waals surface area contributed by atoms with E-state index in [1.54, 1.807) is 18.5 Å². The summed E-state index contributed by atoms with van der Waals surface area (Å²) in [7, 11) is 0. The van der Waals surface area contributed by atoms with Gasteiger partial charge in [-0.1, -0.05) is 11.6 Å². The first-order valence-corrected chi connectivity index (χ1v) is 4.69. The molecule has 76 valence electrons. The van der Waals surface area contributed by atoms with Gasteiger partial charge in [-0.05, 0) is 24.3 Å². The lowest BCUT2D eigenvalue weighted by Crippen LogP contribution is -1.99. The molecule has 0 atom stereocenters. The van der Waals surface area contributed by atoms with Gasteiger partial charge in [-0.25, -0.2) is 4.39 Å². The topological polar surface area (TPSA) is 32.9 Å². The minimum Gasteiger partial charge on any atom is -0.367 e. The van der Waals surface area contributed by atoms with Crippen molar-refractivity contribution < 1.29 is 9.18 Å². The predicted octanol–water partition coefficient (Wildman–Crippen LogP) is 3.04. The second-order valence-electron chi connectivity index (χ2n) is 3.06. The molecule has 0 fully saturated rings. The Bertz CT molecular complexity index is 493. The van der Waals surface area contributed by atoms with Gasteiger partial charge in [0.1, 0.15) is 5.82 Å². The number of nitrogens with one attached hydrogen (secondary N) is 1. The number of hydrogen-bond donors (Lipinski definition) is 1. The number of aromatic nitrogens is 1. The smallest absolute Gasteiger partial charge is 0.194 e. The SMILES string of the molecule is O=C(c1cc[nH]c1)c1ccc(F)c(Cl)c1. The van der Waals surface area contributed by atoms with E-state index in [9.17, 15) is 9.18 Å². The number of ketones is 1. The molecule has 0 amide bonds. The average molecular weight is 224 g/mol. The summed E-state index contributed by atoms with van der Waals surface area (Å²) in [5.41, 5.74) is 0.902. The third kappa shape index (κ3) is 1.92. The van der Waals surface area contributed by atoms with Crippen molar-refractivity contribution in [2.75, 3.05) is 0 Å². The van der Waals surface area contributed by atoms with Gasteiger partial charge in [0.2, 0.25) is 0 Å². The fraction of sp³-hybridized carbons (Fsp3) is 0. The van der Waals surface area contributed by atoms with Crippen LogP contribution in [-0.4, -0.2) is 10.8 Å². The molecule has 1 aromatic carbocycles. The first-order chi connectivity index (χ1) is 7.18. The van der Waals surface area contributed by atoms with Crippen molar-refractivity contribution in [2.45, 2.75) is 0 Å². The molecule has 0 radical (unpaired) electrons. The quantitative estimate of drug-likeness (QED) is 0.780. The van der Waals surface area contributed by atoms with E-state index in [2.05, 4.69) is 4.98 Å². The van der Waals surface area contributed by atoms with Crippen molar-refractivity contribution >= 4 is 17.4 Å². The molecule has 0 aliphatic carbocycles. The highest BCUT2D eigenvalue weighted by atomic mass is 35.5. The molecule has 0 bridgehead atoms. The van der Waals surface area contributed by atoms with Gasteiger partial charge < -0.3 is 4.98 Å². The Morgan fingerprint density at radius 3 is 2.67 bits per heavy atom. The van der Waals surface area contributed by atoms with Gasteiger partial charge in [0.25, 0.3) is 0 Å². The van der Waals surface area contributed by atoms with E-state index in [0.29, 0.717) is 11.1 Å². The van der Waals surface area contributed by atoms with Crippen molar-refractivity contribution in [1.82, 2.24) is 4.98 Å². The van der Waals surface area contributed by atoms with Crippen LogP contribution in [0.4, 0.5) is 4.39 Å². The van der Waals surface area contributed by atoms with E-state index in [1.807, 2.05) is 0 Å². The van der Waals surface area contributed by atoms with Crippen LogP contribution in [0, 0.1) is 5.82 Å². The van der Waals surface area contributed by atoms with Crippen molar-refractivity contribution in [3.8, 4) is 0 Å². The number of hydrogen-bond acceptors (Lipinski definition) is 1. The largest absolute Gasteiger partial charge is 0.367 e. The summed E-state index contributed by atoms with van der Waals surface area (Å²) >= 11 is 5.58. The molecule has 0 saturated carbocycles. The molecule has 2 rings (SSSR count). The van der Waals surface area contributed by atoms with Crippen molar-refractivity contribution in [2.24, 2.45) is 0 Å². The van der Waals surface area contributed by atoms with Crippen molar-refractivity contribution in [1.29, 1.82) is 0 Å². The predicted molar refractivity (Wildman–Crippen MR) is 55.6 cm³/mol. The molecule has 0 aliphatic heterocycles. The van der Waals surface area contributed by atoms with Crippen LogP contribution in [0.3, 0.4) is 0 Å². The first-order valence-electron chi connectivity index (χ1n) is 4.31. The summed E-state index contributed by atoms with van der Waals surface area (Å²) in [6.07, 6.45) is 3.23. The molecule has 0 spiro atoms. The molecule has 0 saturated heterocycles. The zero-order valence-corrected chi connectivity index (χ0v) is 8.38. The highest BCUT2D eigenvalue weighted by Gasteiger charge is 2.11. The van der Waals surface area contributed by atoms with E-state index in [-0.39, 0.29) is 10.8 Å². The maximum atomic E-state index is 12.9. The van der Waals surface area contributed by atoms with E-state index >= 15 is 0 Å². The van der Waals surface area contributed by atoms with E-state index in [1.165, 1.54) is 18.2 Å². The number of rotatable bonds is 2. The number of halogens is 2. The molecule has 0 aliphatic rings. The Morgan fingerprint density at radius 1 is 1.27 bits per heavy atom. The van der Waals surface area contributed by atoms with E-state index in [0.717, 1.165) is 0 Å². The lowest BCUT2D eigenvalue weighted by molar-refractivity contribution is 0.103. The second kappa shape index (κ2) is 3.87. The molecule has 1 N–H and O–H groups in total. The highest BCUT2D eigenvalue weighted by Crippen LogP contribution is 2.18. The molecule has 0 unspecified atom stereocenters. The number of aromatic amines is 1. The zero-order chi connectivity index (χ0) is 10.8. The third-order valence-corrected chi connectivity index (χ3v) is 2.33. The van der Waals surface area contributed by atoms with Crippen LogP contribution in [0.2, 0.25) is 5.02 Å². The highest BCUT2D eigenvalue weighted by molar-refractivity contribution is 6.31. The lowest BCUT2D eigenvalue weighted by Gasteiger charge is -1.99. The number of carbonyl (C=O) groups excluding carboxylic acids is 1. The van der Waals surface area contributed by atoms with Gasteiger partial charge in [-0.2, -0.15) is 0 Å². The molecular formula is C11H7ClFNO. The van der Waals surface area contributed by atoms with Crippen molar-refractivity contribution in [3.63, 3.8) is 0 Å². The minimum atomic E-state index is -0.526. The monoisotopic (exact) mass is 223 g/mol. The van der Waals surface area contributed by atoms with Gasteiger partial charge in [0.15, 0.2) is 5.78 Å². The molecule has 2 nitrogen and oxygen atoms in total. The summed E-state index contributed by atoms with van der Waals surface area (Å²) in [5, 5.41) is -0.0450. The molecule has 4 heteroatoms. The van der Waals surface area contributed by atoms with E-state index in [4.69, 9.17) is 11.6 Å². The normalized spacial score (nSPS) is 10.3. The van der Waals surface area contributed by atoms with Crippen molar-refractivity contribution in [3.05, 3.63) is 58.6 Å². The van der Waals surface area contributed by atoms with Crippen LogP contribution >= 0.6 is 11.6 Å². The zero-order valence-electron chi connectivity index (χ0n) is 7.63. The summed E-state index contributed by atoms with van der Waals surface area (Å²) < 4.78 is 12.9. The standard InChI is InChI=1S/C11H7ClFNO/c12-9-5-7(1-2-10(9)13)11(15)8-3-4-14-6-8/h1-6,14H. The lowest BCUT2D eigenvalue weighted by atomic mass is 10.1. The Morgan fingerprint density at radius 2 is 2.07 bits per heavy atom. The van der Waals surface area contributed by atoms with Crippen LogP contribution in [0.25, 0.3) is 0 Å². The fourth-order valence-corrected chi connectivity index (χ4v) is 1.45. The second-order valence-corrected chi connectivity index (χ2v) is 3.46. The molecule has 2 aromatic rings. The van der Waals surface area contributed by atoms with Crippen LogP contribution in [0.5, 0.6) is 0 Å². The average Bonchev–Trinajstić information content (AvgIpc) is 2.74. The summed E-state index contributed by atoms with van der Waals surface area (Å²) in [6.45, 7) is 0. The number of benzene rings is 1. The molecule has 1 heterocycles.